The van der Waals surface area contributed by atoms with Gasteiger partial charge in [0, 0.05) is 47.6 Å². The van der Waals surface area contributed by atoms with Gasteiger partial charge in [-0.25, -0.2) is 4.39 Å². The minimum Gasteiger partial charge on any atom is -0.336 e. The van der Waals surface area contributed by atoms with Gasteiger partial charge in [-0.05, 0) is 91.2 Å². The average molecular weight is 698 g/mol. The van der Waals surface area contributed by atoms with Crippen LogP contribution in [0.15, 0.2) is 76.5 Å². The highest BCUT2D eigenvalue weighted by atomic mass is 32.2. The van der Waals surface area contributed by atoms with Crippen LogP contribution in [0.25, 0.3) is 11.1 Å². The van der Waals surface area contributed by atoms with Crippen LogP contribution in [-0.4, -0.2) is 51.4 Å². The van der Waals surface area contributed by atoms with Crippen molar-refractivity contribution in [1.82, 2.24) is 19.4 Å². The lowest BCUT2D eigenvalue weighted by Gasteiger charge is -2.28. The Morgan fingerprint density at radius 1 is 1.04 bits per heavy atom. The first-order valence-electron chi connectivity index (χ1n) is 23.1. The number of halogens is 4. The second-order valence-corrected chi connectivity index (χ2v) is 11.1. The molecule has 0 fully saturated rings. The number of rotatable bonds is 13. The first-order valence-corrected chi connectivity index (χ1v) is 15.4. The molecule has 0 unspecified atom stereocenters. The van der Waals surface area contributed by atoms with Gasteiger partial charge in [0.1, 0.15) is 12.3 Å². The first kappa shape index (κ1) is 19.3. The molecule has 5 rings (SSSR count). The van der Waals surface area contributed by atoms with Crippen LogP contribution >= 0.6 is 11.8 Å². The van der Waals surface area contributed by atoms with Crippen LogP contribution in [0.5, 0.6) is 0 Å². The van der Waals surface area contributed by atoms with Gasteiger partial charge in [-0.15, -0.1) is 0 Å². The molecule has 0 spiro atoms. The van der Waals surface area contributed by atoms with Crippen LogP contribution in [0.2, 0.25) is 0 Å². The van der Waals surface area contributed by atoms with Gasteiger partial charge in [0.15, 0.2) is 5.16 Å². The summed E-state index contributed by atoms with van der Waals surface area (Å²) in [6.07, 6.45) is -16.1. The molecule has 6 nitrogen and oxygen atoms in total. The van der Waals surface area contributed by atoms with Crippen LogP contribution in [-0.2, 0) is 42.5 Å². The normalized spacial score (nSPS) is 21.7. The van der Waals surface area contributed by atoms with Crippen molar-refractivity contribution in [3.05, 3.63) is 116 Å². The van der Waals surface area contributed by atoms with Gasteiger partial charge in [0.05, 0.1) is 17.9 Å². The summed E-state index contributed by atoms with van der Waals surface area (Å²) in [5.41, 5.74) is -11.5. The SMILES string of the molecule is [2H]c1c([2H])c(-c2c([2H])c([2H])c(C(F)(F)F)c([2H])c2[2H])c([2H])c(C)c1CN(CCN(CC)CC)C(=O)C([2H])([2H])n1c(SC([2H])([2H])c2ccc(F)cc2)nc(=O)c2c1C([2H])([2H])C([2H])([2H])C2([2H])[2H]. The summed E-state index contributed by atoms with van der Waals surface area (Å²) >= 11 is -0.0543. The number of likely N-dealkylation sites (N-methyl/N-ethyl adjacent to an activating group) is 1. The van der Waals surface area contributed by atoms with E-state index in [1.165, 1.54) is 6.92 Å². The minimum atomic E-state index is -5.32. The van der Waals surface area contributed by atoms with Crippen molar-refractivity contribution in [2.75, 3.05) is 26.2 Å². The second-order valence-electron chi connectivity index (χ2n) is 10.3. The number of aromatic nitrogens is 2. The molecular weight excluding hydrogens is 640 g/mol. The molecule has 11 heteroatoms. The molecule has 48 heavy (non-hydrogen) atoms. The van der Waals surface area contributed by atoms with E-state index in [9.17, 15) is 29.9 Å². The summed E-state index contributed by atoms with van der Waals surface area (Å²) in [7, 11) is 0. The van der Waals surface area contributed by atoms with Gasteiger partial charge in [0.25, 0.3) is 5.56 Å². The van der Waals surface area contributed by atoms with Crippen LogP contribution in [0.4, 0.5) is 17.6 Å². The summed E-state index contributed by atoms with van der Waals surface area (Å²) < 4.78 is 203. The summed E-state index contributed by atoms with van der Waals surface area (Å²) in [5, 5.41) is -1.07. The summed E-state index contributed by atoms with van der Waals surface area (Å²) in [5.74, 6) is -2.42. The van der Waals surface area contributed by atoms with Gasteiger partial charge in [-0.2, -0.15) is 18.2 Å². The standard InChI is InChI=1S/C37H40F4N4O2S/c1-4-43(5-2)19-20-44(22-29-12-11-28(21-25(29)3)27-13-15-30(16-14-27)37(39,40)41)34(46)23-45-33-8-6-7-32(33)35(47)42-36(45)48-24-26-9-17-31(38)18-10-26/h9-18,21H,4-8,19-20,22-24H2,1-3H3/i6D2,7D2,8D2,11D,12D,13D,14D,15D,16D,21D,23D2,24D2. The van der Waals surface area contributed by atoms with Gasteiger partial charge in [-0.1, -0.05) is 68.0 Å². The van der Waals surface area contributed by atoms with E-state index >= 15 is 0 Å². The van der Waals surface area contributed by atoms with E-state index in [1.54, 1.807) is 18.7 Å². The third-order valence-corrected chi connectivity index (χ3v) is 8.02. The van der Waals surface area contributed by atoms with Crippen molar-refractivity contribution in [3.8, 4) is 11.1 Å². The largest absolute Gasteiger partial charge is 0.416 e. The lowest BCUT2D eigenvalue weighted by molar-refractivity contribution is -0.137. The van der Waals surface area contributed by atoms with Crippen LogP contribution < -0.4 is 5.56 Å². The maximum Gasteiger partial charge on any atom is 0.416 e. The molecule has 1 aromatic heterocycles. The van der Waals surface area contributed by atoms with E-state index in [4.69, 9.17) is 20.6 Å². The van der Waals surface area contributed by atoms with Crippen LogP contribution in [0.1, 0.15) is 77.0 Å². The quantitative estimate of drug-likeness (QED) is 0.0822. The number of amides is 1. The van der Waals surface area contributed by atoms with E-state index in [-0.39, 0.29) is 39.6 Å². The first-order chi connectivity index (χ1) is 29.7. The molecule has 3 aromatic carbocycles. The molecule has 0 N–H and O–H groups in total. The Morgan fingerprint density at radius 2 is 1.73 bits per heavy atom. The number of carbonyl (C=O) groups is 1. The molecule has 1 heterocycles. The second kappa shape index (κ2) is 15.5. The highest BCUT2D eigenvalue weighted by molar-refractivity contribution is 7.98. The molecule has 0 saturated heterocycles. The fraction of sp³-hybridized carbons (Fsp3) is 0.378. The Morgan fingerprint density at radius 3 is 2.40 bits per heavy atom. The summed E-state index contributed by atoms with van der Waals surface area (Å²) in [6, 6.07) is -4.36. The van der Waals surface area contributed by atoms with E-state index < -0.39 is 143 Å². The third kappa shape index (κ3) is 8.54. The molecule has 0 saturated carbocycles. The zero-order valence-corrected chi connectivity index (χ0v) is 26.7. The Labute approximate surface area is 306 Å². The highest BCUT2D eigenvalue weighted by Gasteiger charge is 2.30. The van der Waals surface area contributed by atoms with E-state index in [0.29, 0.717) is 13.1 Å². The number of hydrogen-bond donors (Lipinski definition) is 0. The zero-order chi connectivity index (χ0) is 49.5. The predicted molar refractivity (Wildman–Crippen MR) is 181 cm³/mol. The van der Waals surface area contributed by atoms with E-state index in [1.807, 2.05) is 0 Å². The summed E-state index contributed by atoms with van der Waals surface area (Å²) in [4.78, 5) is 34.8. The lowest BCUT2D eigenvalue weighted by Crippen LogP contribution is -2.40. The number of thioether (sulfide) groups is 1. The molecule has 0 aliphatic heterocycles. The predicted octanol–water partition coefficient (Wildman–Crippen LogP) is 7.53. The number of carbonyl (C=O) groups excluding carboxylic acids is 1. The summed E-state index contributed by atoms with van der Waals surface area (Å²) in [6.45, 7) is 0.372. The molecule has 1 aliphatic rings. The highest BCUT2D eigenvalue weighted by Crippen LogP contribution is 2.32. The van der Waals surface area contributed by atoms with E-state index in [2.05, 4.69) is 4.98 Å². The monoisotopic (exact) mass is 697 g/mol. The van der Waals surface area contributed by atoms with Crippen molar-refractivity contribution in [2.45, 2.75) is 70.0 Å². The number of benzene rings is 3. The van der Waals surface area contributed by atoms with Crippen molar-refractivity contribution >= 4 is 17.7 Å². The molecule has 0 radical (unpaired) electrons. The number of fused-ring (bicyclic) bond motifs is 1. The smallest absolute Gasteiger partial charge is 0.336 e. The Bertz CT molecular complexity index is 2570. The topological polar surface area (TPSA) is 58.4 Å². The van der Waals surface area contributed by atoms with Crippen LogP contribution in [0, 0.1) is 12.7 Å². The maximum absolute atomic E-state index is 15.0. The van der Waals surface area contributed by atoms with Crippen molar-refractivity contribution < 1.29 is 45.7 Å². The molecule has 1 amide bonds. The Hall–Kier alpha value is -3.96. The number of hydrogen-bond acceptors (Lipinski definition) is 5. The third-order valence-electron chi connectivity index (χ3n) is 7.22. The van der Waals surface area contributed by atoms with Crippen molar-refractivity contribution in [3.63, 3.8) is 0 Å². The molecule has 0 atom stereocenters. The Balaban J connectivity index is 1.77. The molecule has 1 aliphatic carbocycles. The van der Waals surface area contributed by atoms with Crippen molar-refractivity contribution in [1.29, 1.82) is 0 Å². The molecule has 254 valence electrons. The van der Waals surface area contributed by atoms with Crippen molar-refractivity contribution in [2.24, 2.45) is 0 Å². The fourth-order valence-electron chi connectivity index (χ4n) is 4.48. The average Bonchev–Trinajstić information content (AvgIpc) is 3.31. The lowest BCUT2D eigenvalue weighted by atomic mass is 9.98. The maximum atomic E-state index is 15.0. The Kier molecular flexibility index (Phi) is 6.23. The molecule has 0 bridgehead atoms. The zero-order valence-electron chi connectivity index (χ0n) is 42.9. The number of nitrogens with zero attached hydrogens (tertiary/aromatic N) is 4. The van der Waals surface area contributed by atoms with Gasteiger partial charge < -0.3 is 14.4 Å². The van der Waals surface area contributed by atoms with Crippen LogP contribution in [0.3, 0.4) is 0 Å². The molecular formula is C37H40F4N4O2S. The van der Waals surface area contributed by atoms with Gasteiger partial charge in [-0.3, -0.25) is 9.59 Å². The fourth-order valence-corrected chi connectivity index (χ4v) is 5.18. The number of alkyl halides is 3. The van der Waals surface area contributed by atoms with Gasteiger partial charge >= 0.3 is 6.18 Å². The van der Waals surface area contributed by atoms with Gasteiger partial charge in [0.2, 0.25) is 5.91 Å². The molecule has 4 aromatic rings. The minimum absolute atomic E-state index is 0.0313. The van der Waals surface area contributed by atoms with E-state index in [0.717, 1.165) is 29.2 Å².